The molecule has 0 spiro atoms. The number of pyridine rings is 1. The molecular formula is C10H15ClN2O. The van der Waals surface area contributed by atoms with Crippen LogP contribution in [0.2, 0.25) is 0 Å². The molecule has 78 valence electrons. The zero-order valence-corrected chi connectivity index (χ0v) is 9.01. The quantitative estimate of drug-likeness (QED) is 0.830. The fourth-order valence-electron chi connectivity index (χ4n) is 1.39. The molecule has 3 nitrogen and oxygen atoms in total. The molecule has 0 aliphatic carbocycles. The van der Waals surface area contributed by atoms with Crippen molar-refractivity contribution in [1.29, 1.82) is 0 Å². The molecule has 14 heavy (non-hydrogen) atoms. The van der Waals surface area contributed by atoms with Crippen molar-refractivity contribution in [3.8, 4) is 5.88 Å². The van der Waals surface area contributed by atoms with Crippen molar-refractivity contribution in [3.63, 3.8) is 0 Å². The Morgan fingerprint density at radius 3 is 2.71 bits per heavy atom. The van der Waals surface area contributed by atoms with Gasteiger partial charge in [0.15, 0.2) is 0 Å². The lowest BCUT2D eigenvalue weighted by molar-refractivity contribution is 0.326. The van der Waals surface area contributed by atoms with Crippen LogP contribution in [-0.4, -0.2) is 24.7 Å². The molecule has 1 aromatic heterocycles. The largest absolute Gasteiger partial charge is 0.478 e. The molecule has 0 atom stereocenters. The van der Waals surface area contributed by atoms with Gasteiger partial charge in [-0.15, -0.1) is 12.4 Å². The van der Waals surface area contributed by atoms with Gasteiger partial charge in [-0.25, -0.2) is 4.98 Å². The van der Waals surface area contributed by atoms with E-state index in [9.17, 15) is 0 Å². The molecule has 1 N–H and O–H groups in total. The molecule has 2 heterocycles. The van der Waals surface area contributed by atoms with Crippen molar-refractivity contribution in [3.05, 3.63) is 23.9 Å². The van der Waals surface area contributed by atoms with Crippen molar-refractivity contribution < 1.29 is 4.74 Å². The van der Waals surface area contributed by atoms with Gasteiger partial charge in [0.1, 0.15) is 0 Å². The average Bonchev–Trinajstić information content (AvgIpc) is 2.06. The highest BCUT2D eigenvalue weighted by Crippen LogP contribution is 2.20. The van der Waals surface area contributed by atoms with Crippen LogP contribution in [0.3, 0.4) is 0 Å². The van der Waals surface area contributed by atoms with Gasteiger partial charge in [0.2, 0.25) is 5.88 Å². The number of ether oxygens (including phenoxy) is 1. The summed E-state index contributed by atoms with van der Waals surface area (Å²) in [5.74, 6) is 1.38. The van der Waals surface area contributed by atoms with E-state index in [1.54, 1.807) is 0 Å². The first kappa shape index (κ1) is 11.3. The van der Waals surface area contributed by atoms with Crippen LogP contribution in [-0.2, 0) is 0 Å². The molecule has 1 aromatic rings. The molecule has 1 fully saturated rings. The minimum absolute atomic E-state index is 0. The van der Waals surface area contributed by atoms with Crippen molar-refractivity contribution in [1.82, 2.24) is 10.3 Å². The lowest BCUT2D eigenvalue weighted by Gasteiger charge is -2.27. The van der Waals surface area contributed by atoms with E-state index in [4.69, 9.17) is 4.74 Å². The molecule has 0 radical (unpaired) electrons. The van der Waals surface area contributed by atoms with Crippen LogP contribution in [0.15, 0.2) is 18.3 Å². The summed E-state index contributed by atoms with van der Waals surface area (Å²) in [6.45, 7) is 4.80. The van der Waals surface area contributed by atoms with Crippen LogP contribution in [0.4, 0.5) is 0 Å². The van der Waals surface area contributed by atoms with Crippen LogP contribution >= 0.6 is 12.4 Å². The van der Waals surface area contributed by atoms with Crippen molar-refractivity contribution in [2.24, 2.45) is 0 Å². The van der Waals surface area contributed by atoms with Gasteiger partial charge in [0, 0.05) is 31.3 Å². The maximum atomic E-state index is 5.27. The second kappa shape index (κ2) is 5.17. The Kier molecular flexibility index (Phi) is 4.17. The first-order valence-corrected chi connectivity index (χ1v) is 4.69. The Labute approximate surface area is 90.3 Å². The van der Waals surface area contributed by atoms with E-state index in [1.807, 2.05) is 19.2 Å². The summed E-state index contributed by atoms with van der Waals surface area (Å²) in [5.41, 5.74) is 1.31. The Hall–Kier alpha value is -0.800. The third-order valence-electron chi connectivity index (χ3n) is 2.30. The van der Waals surface area contributed by atoms with E-state index < -0.39 is 0 Å². The summed E-state index contributed by atoms with van der Waals surface area (Å²) in [4.78, 5) is 4.22. The highest BCUT2D eigenvalue weighted by atomic mass is 35.5. The van der Waals surface area contributed by atoms with E-state index in [1.165, 1.54) is 5.56 Å². The van der Waals surface area contributed by atoms with Crippen LogP contribution in [0.25, 0.3) is 0 Å². The van der Waals surface area contributed by atoms with E-state index in [0.717, 1.165) is 19.0 Å². The zero-order chi connectivity index (χ0) is 9.10. The average molecular weight is 215 g/mol. The topological polar surface area (TPSA) is 34.1 Å². The van der Waals surface area contributed by atoms with E-state index >= 15 is 0 Å². The van der Waals surface area contributed by atoms with Crippen molar-refractivity contribution >= 4 is 12.4 Å². The molecular weight excluding hydrogens is 200 g/mol. The van der Waals surface area contributed by atoms with Gasteiger partial charge in [0.05, 0.1) is 6.61 Å². The minimum atomic E-state index is 0. The number of rotatable bonds is 3. The molecule has 0 bridgehead atoms. The van der Waals surface area contributed by atoms with Gasteiger partial charge in [-0.05, 0) is 12.5 Å². The number of aromatic nitrogens is 1. The molecule has 0 amide bonds. The highest BCUT2D eigenvalue weighted by molar-refractivity contribution is 5.85. The van der Waals surface area contributed by atoms with Gasteiger partial charge < -0.3 is 10.1 Å². The second-order valence-corrected chi connectivity index (χ2v) is 3.22. The lowest BCUT2D eigenvalue weighted by atomic mass is 9.95. The molecule has 0 unspecified atom stereocenters. The summed E-state index contributed by atoms with van der Waals surface area (Å²) in [7, 11) is 0. The molecule has 0 saturated carbocycles. The summed E-state index contributed by atoms with van der Waals surface area (Å²) in [6.07, 6.45) is 1.91. The molecule has 0 aromatic carbocycles. The molecule has 1 aliphatic heterocycles. The monoisotopic (exact) mass is 214 g/mol. The number of halogens is 1. The van der Waals surface area contributed by atoms with E-state index in [2.05, 4.69) is 16.4 Å². The fraction of sp³-hybridized carbons (Fsp3) is 0.500. The van der Waals surface area contributed by atoms with Crippen LogP contribution < -0.4 is 10.1 Å². The Bertz CT molecular complexity index is 272. The third-order valence-corrected chi connectivity index (χ3v) is 2.30. The number of hydrogen-bond donors (Lipinski definition) is 1. The number of hydrogen-bond acceptors (Lipinski definition) is 3. The van der Waals surface area contributed by atoms with Crippen LogP contribution in [0.5, 0.6) is 5.88 Å². The van der Waals surface area contributed by atoms with Gasteiger partial charge in [0.25, 0.3) is 0 Å². The second-order valence-electron chi connectivity index (χ2n) is 3.22. The highest BCUT2D eigenvalue weighted by Gasteiger charge is 2.18. The maximum absolute atomic E-state index is 5.27. The molecule has 4 heteroatoms. The smallest absolute Gasteiger partial charge is 0.213 e. The first-order chi connectivity index (χ1) is 6.40. The van der Waals surface area contributed by atoms with Gasteiger partial charge in [-0.2, -0.15) is 0 Å². The zero-order valence-electron chi connectivity index (χ0n) is 8.19. The summed E-state index contributed by atoms with van der Waals surface area (Å²) in [6, 6.07) is 4.04. The first-order valence-electron chi connectivity index (χ1n) is 4.69. The van der Waals surface area contributed by atoms with Gasteiger partial charge >= 0.3 is 0 Å². The third kappa shape index (κ3) is 2.36. The standard InChI is InChI=1S/C10H14N2O.ClH/c1-2-13-10-4-3-8(7-12-10)9-5-11-6-9;/h3-4,7,9,11H,2,5-6H2,1H3;1H. The Morgan fingerprint density at radius 2 is 2.29 bits per heavy atom. The normalized spacial score (nSPS) is 15.5. The molecule has 1 aliphatic rings. The molecule has 2 rings (SSSR count). The van der Waals surface area contributed by atoms with Crippen LogP contribution in [0, 0.1) is 0 Å². The summed E-state index contributed by atoms with van der Waals surface area (Å²) < 4.78 is 5.27. The van der Waals surface area contributed by atoms with Gasteiger partial charge in [-0.1, -0.05) is 6.07 Å². The lowest BCUT2D eigenvalue weighted by Crippen LogP contribution is -2.39. The predicted molar refractivity (Wildman–Crippen MR) is 58.3 cm³/mol. The Morgan fingerprint density at radius 1 is 1.50 bits per heavy atom. The Balaban J connectivity index is 0.000000980. The maximum Gasteiger partial charge on any atom is 0.213 e. The number of nitrogens with one attached hydrogen (secondary N) is 1. The van der Waals surface area contributed by atoms with Gasteiger partial charge in [-0.3, -0.25) is 0 Å². The van der Waals surface area contributed by atoms with E-state index in [-0.39, 0.29) is 12.4 Å². The molecule has 1 saturated heterocycles. The summed E-state index contributed by atoms with van der Waals surface area (Å²) >= 11 is 0. The minimum Gasteiger partial charge on any atom is -0.478 e. The van der Waals surface area contributed by atoms with E-state index in [0.29, 0.717) is 12.5 Å². The fourth-order valence-corrected chi connectivity index (χ4v) is 1.39. The summed E-state index contributed by atoms with van der Waals surface area (Å²) in [5, 5.41) is 3.24. The predicted octanol–water partition coefficient (Wildman–Crippen LogP) is 1.59. The van der Waals surface area contributed by atoms with Crippen molar-refractivity contribution in [2.75, 3.05) is 19.7 Å². The van der Waals surface area contributed by atoms with Crippen LogP contribution in [0.1, 0.15) is 18.4 Å². The number of nitrogens with zero attached hydrogens (tertiary/aromatic N) is 1. The van der Waals surface area contributed by atoms with Crippen molar-refractivity contribution in [2.45, 2.75) is 12.8 Å². The SMILES string of the molecule is CCOc1ccc(C2CNC2)cn1.Cl.